The van der Waals surface area contributed by atoms with Gasteiger partial charge in [-0.25, -0.2) is 4.39 Å². The second-order valence-corrected chi connectivity index (χ2v) is 5.41. The van der Waals surface area contributed by atoms with Crippen LogP contribution in [0.15, 0.2) is 18.2 Å². The highest BCUT2D eigenvalue weighted by Gasteiger charge is 2.08. The molecule has 106 valence electrons. The molecule has 1 nitrogen and oxygen atoms in total. The van der Waals surface area contributed by atoms with Gasteiger partial charge in [0.25, 0.3) is 0 Å². The molecular formula is C16H22ClFO. The molecule has 0 atom stereocenters. The van der Waals surface area contributed by atoms with Gasteiger partial charge in [-0.15, -0.1) is 0 Å². The molecule has 0 bridgehead atoms. The maximum atomic E-state index is 13.4. The van der Waals surface area contributed by atoms with E-state index in [1.807, 2.05) is 0 Å². The topological polar surface area (TPSA) is 17.1 Å². The molecule has 0 radical (unpaired) electrons. The molecule has 19 heavy (non-hydrogen) atoms. The lowest BCUT2D eigenvalue weighted by Gasteiger charge is -2.04. The molecule has 0 aliphatic heterocycles. The van der Waals surface area contributed by atoms with Gasteiger partial charge in [0.05, 0.1) is 0 Å². The van der Waals surface area contributed by atoms with Gasteiger partial charge >= 0.3 is 0 Å². The average Bonchev–Trinajstić information content (AvgIpc) is 2.38. The zero-order valence-electron chi connectivity index (χ0n) is 11.6. The number of Topliss-reactive ketones (excluding diaryl/α,β-unsaturated/α-hetero) is 1. The number of hydrogen-bond acceptors (Lipinski definition) is 1. The highest BCUT2D eigenvalue weighted by Crippen LogP contribution is 2.16. The second-order valence-electron chi connectivity index (χ2n) is 4.97. The Hall–Kier alpha value is -0.890. The van der Waals surface area contributed by atoms with E-state index in [1.54, 1.807) is 0 Å². The molecule has 0 heterocycles. The molecule has 0 aromatic heterocycles. The van der Waals surface area contributed by atoms with Crippen molar-refractivity contribution in [1.29, 1.82) is 0 Å². The van der Waals surface area contributed by atoms with Gasteiger partial charge in [0.2, 0.25) is 0 Å². The van der Waals surface area contributed by atoms with Crippen molar-refractivity contribution >= 4 is 17.4 Å². The lowest BCUT2D eigenvalue weighted by molar-refractivity contribution is -0.118. The Kier molecular flexibility index (Phi) is 7.73. The van der Waals surface area contributed by atoms with E-state index in [-0.39, 0.29) is 18.0 Å². The van der Waals surface area contributed by atoms with Crippen molar-refractivity contribution in [1.82, 2.24) is 0 Å². The van der Waals surface area contributed by atoms with Crippen LogP contribution in [0.3, 0.4) is 0 Å². The van der Waals surface area contributed by atoms with Crippen molar-refractivity contribution in [2.45, 2.75) is 58.3 Å². The average molecular weight is 285 g/mol. The summed E-state index contributed by atoms with van der Waals surface area (Å²) < 4.78 is 13.4. The number of carbonyl (C=O) groups is 1. The van der Waals surface area contributed by atoms with Crippen LogP contribution in [0.25, 0.3) is 0 Å². The summed E-state index contributed by atoms with van der Waals surface area (Å²) in [5.41, 5.74) is 0.406. The van der Waals surface area contributed by atoms with Gasteiger partial charge in [-0.2, -0.15) is 0 Å². The van der Waals surface area contributed by atoms with Gasteiger partial charge in [0.15, 0.2) is 0 Å². The van der Waals surface area contributed by atoms with E-state index < -0.39 is 0 Å². The number of halogens is 2. The van der Waals surface area contributed by atoms with E-state index in [0.29, 0.717) is 17.0 Å². The Balaban J connectivity index is 2.25. The molecule has 0 saturated carbocycles. The molecule has 0 spiro atoms. The van der Waals surface area contributed by atoms with Gasteiger partial charge in [-0.1, -0.05) is 50.6 Å². The lowest BCUT2D eigenvalue weighted by Crippen LogP contribution is -2.04. The quantitative estimate of drug-likeness (QED) is 0.559. The maximum Gasteiger partial charge on any atom is 0.137 e. The minimum Gasteiger partial charge on any atom is -0.299 e. The van der Waals surface area contributed by atoms with Gasteiger partial charge in [0, 0.05) is 17.9 Å². The zero-order valence-corrected chi connectivity index (χ0v) is 12.3. The number of benzene rings is 1. The predicted octanol–water partition coefficient (Wildman–Crippen LogP) is 5.34. The molecular weight excluding hydrogens is 263 g/mol. The molecule has 0 fully saturated rings. The third-order valence-electron chi connectivity index (χ3n) is 3.20. The van der Waals surface area contributed by atoms with Crippen LogP contribution in [-0.4, -0.2) is 5.78 Å². The number of carbonyl (C=O) groups excluding carboxylic acids is 1. The van der Waals surface area contributed by atoms with Gasteiger partial charge in [0.1, 0.15) is 11.6 Å². The van der Waals surface area contributed by atoms with Crippen molar-refractivity contribution in [2.24, 2.45) is 0 Å². The smallest absolute Gasteiger partial charge is 0.137 e. The number of rotatable bonds is 9. The molecule has 3 heteroatoms. The summed E-state index contributed by atoms with van der Waals surface area (Å²) in [5.74, 6) is -0.252. The van der Waals surface area contributed by atoms with E-state index in [1.165, 1.54) is 43.9 Å². The van der Waals surface area contributed by atoms with Crippen molar-refractivity contribution < 1.29 is 9.18 Å². The van der Waals surface area contributed by atoms with Gasteiger partial charge in [-0.05, 0) is 30.2 Å². The Morgan fingerprint density at radius 1 is 1.16 bits per heavy atom. The van der Waals surface area contributed by atoms with E-state index >= 15 is 0 Å². The Bertz CT molecular complexity index is 404. The summed E-state index contributed by atoms with van der Waals surface area (Å²) in [5, 5.41) is 0.476. The molecule has 1 aromatic carbocycles. The summed E-state index contributed by atoms with van der Waals surface area (Å²) in [6.07, 6.45) is 7.61. The summed E-state index contributed by atoms with van der Waals surface area (Å²) in [6.45, 7) is 2.18. The number of ketones is 1. The van der Waals surface area contributed by atoms with Crippen LogP contribution in [0.1, 0.15) is 57.4 Å². The summed E-state index contributed by atoms with van der Waals surface area (Å²) in [4.78, 5) is 11.8. The first-order valence-corrected chi connectivity index (χ1v) is 7.47. The van der Waals surface area contributed by atoms with Crippen LogP contribution in [0.5, 0.6) is 0 Å². The maximum absolute atomic E-state index is 13.4. The fourth-order valence-corrected chi connectivity index (χ4v) is 2.28. The van der Waals surface area contributed by atoms with Crippen LogP contribution in [-0.2, 0) is 11.2 Å². The van der Waals surface area contributed by atoms with Crippen LogP contribution >= 0.6 is 11.6 Å². The fourth-order valence-electron chi connectivity index (χ4n) is 2.08. The fraction of sp³-hybridized carbons (Fsp3) is 0.562. The summed E-state index contributed by atoms with van der Waals surface area (Å²) in [6, 6.07) is 4.35. The van der Waals surface area contributed by atoms with E-state index in [9.17, 15) is 9.18 Å². The first-order valence-electron chi connectivity index (χ1n) is 7.09. The highest BCUT2D eigenvalue weighted by molar-refractivity contribution is 6.30. The van der Waals surface area contributed by atoms with Crippen LogP contribution in [0.2, 0.25) is 5.02 Å². The predicted molar refractivity (Wildman–Crippen MR) is 78.1 cm³/mol. The van der Waals surface area contributed by atoms with Crippen LogP contribution in [0, 0.1) is 5.82 Å². The SMILES string of the molecule is CCCCCCCCC(=O)Cc1cc(Cl)ccc1F. The molecule has 0 saturated heterocycles. The Labute approximate surface area is 120 Å². The summed E-state index contributed by atoms with van der Waals surface area (Å²) >= 11 is 5.80. The highest BCUT2D eigenvalue weighted by atomic mass is 35.5. The van der Waals surface area contributed by atoms with E-state index in [0.717, 1.165) is 12.8 Å². The minimum absolute atomic E-state index is 0.0941. The number of hydrogen-bond donors (Lipinski definition) is 0. The first kappa shape index (κ1) is 16.2. The molecule has 0 aliphatic carbocycles. The van der Waals surface area contributed by atoms with Crippen molar-refractivity contribution in [3.63, 3.8) is 0 Å². The second kappa shape index (κ2) is 9.08. The van der Waals surface area contributed by atoms with Gasteiger partial charge in [-0.3, -0.25) is 4.79 Å². The van der Waals surface area contributed by atoms with Crippen LogP contribution in [0.4, 0.5) is 4.39 Å². The number of unbranched alkanes of at least 4 members (excludes halogenated alkanes) is 5. The molecule has 0 amide bonds. The Morgan fingerprint density at radius 3 is 2.58 bits per heavy atom. The van der Waals surface area contributed by atoms with Crippen molar-refractivity contribution in [3.05, 3.63) is 34.6 Å². The zero-order chi connectivity index (χ0) is 14.1. The van der Waals surface area contributed by atoms with Gasteiger partial charge < -0.3 is 0 Å². The minimum atomic E-state index is -0.347. The molecule has 1 aromatic rings. The third-order valence-corrected chi connectivity index (χ3v) is 3.44. The monoisotopic (exact) mass is 284 g/mol. The van der Waals surface area contributed by atoms with E-state index in [4.69, 9.17) is 11.6 Å². The van der Waals surface area contributed by atoms with Crippen LogP contribution < -0.4 is 0 Å². The summed E-state index contributed by atoms with van der Waals surface area (Å²) in [7, 11) is 0. The van der Waals surface area contributed by atoms with Crippen molar-refractivity contribution in [3.8, 4) is 0 Å². The molecule has 0 unspecified atom stereocenters. The lowest BCUT2D eigenvalue weighted by atomic mass is 10.0. The molecule has 0 aliphatic rings. The van der Waals surface area contributed by atoms with E-state index in [2.05, 4.69) is 6.92 Å². The van der Waals surface area contributed by atoms with Crippen molar-refractivity contribution in [2.75, 3.05) is 0 Å². The third kappa shape index (κ3) is 6.72. The Morgan fingerprint density at radius 2 is 1.84 bits per heavy atom. The normalized spacial score (nSPS) is 10.7. The standard InChI is InChI=1S/C16H22ClFO/c1-2-3-4-5-6-7-8-15(19)12-13-11-14(17)9-10-16(13)18/h9-11H,2-8,12H2,1H3. The molecule has 1 rings (SSSR count). The molecule has 0 N–H and O–H groups in total. The largest absolute Gasteiger partial charge is 0.299 e. The first-order chi connectivity index (χ1) is 9.13.